The summed E-state index contributed by atoms with van der Waals surface area (Å²) < 4.78 is 0. The molecule has 0 amide bonds. The van der Waals surface area contributed by atoms with Crippen LogP contribution in [0.3, 0.4) is 0 Å². The third-order valence-electron chi connectivity index (χ3n) is 2.19. The summed E-state index contributed by atoms with van der Waals surface area (Å²) in [5, 5.41) is 7.81. The van der Waals surface area contributed by atoms with Crippen molar-refractivity contribution in [2.75, 3.05) is 20.6 Å². The van der Waals surface area contributed by atoms with Crippen LogP contribution in [0.5, 0.6) is 0 Å². The van der Waals surface area contributed by atoms with Gasteiger partial charge in [0.2, 0.25) is 5.96 Å². The number of nitrogens with zero attached hydrogens (tertiary/aromatic N) is 3. The molecule has 0 heterocycles. The normalized spacial score (nSPS) is 10.9. The second-order valence-corrected chi connectivity index (χ2v) is 3.99. The van der Waals surface area contributed by atoms with Gasteiger partial charge in [-0.2, -0.15) is 5.10 Å². The molecule has 100 valence electrons. The second kappa shape index (κ2) is 8.49. The molecule has 0 unspecified atom stereocenters. The molecule has 1 aromatic carbocycles. The van der Waals surface area contributed by atoms with Crippen molar-refractivity contribution >= 4 is 24.1 Å². The Kier molecular flexibility index (Phi) is 7.74. The Bertz CT molecular complexity index is 396. The van der Waals surface area contributed by atoms with Crippen LogP contribution in [-0.4, -0.2) is 37.2 Å². The van der Waals surface area contributed by atoms with E-state index in [-0.39, 0.29) is 18.4 Å². The maximum Gasteiger partial charge on any atom is 0.211 e. The standard InChI is InChI=1S/C12H19N5.ClH/c1-17(2)9-8-11(15-16-12(13)14)10-6-4-3-5-7-10;/h3-7H,8-9H2,1-2H3,(H4,13,14,16);1H/b15-11+;. The Labute approximate surface area is 114 Å². The topological polar surface area (TPSA) is 80.0 Å². The van der Waals surface area contributed by atoms with Gasteiger partial charge in [-0.1, -0.05) is 30.3 Å². The van der Waals surface area contributed by atoms with E-state index in [1.807, 2.05) is 44.4 Å². The Balaban J connectivity index is 0.00000289. The van der Waals surface area contributed by atoms with Gasteiger partial charge in [0, 0.05) is 13.0 Å². The van der Waals surface area contributed by atoms with Crippen LogP contribution in [0, 0.1) is 0 Å². The molecule has 18 heavy (non-hydrogen) atoms. The fraction of sp³-hybridized carbons (Fsp3) is 0.333. The number of nitrogens with two attached hydrogens (primary N) is 2. The third kappa shape index (κ3) is 6.22. The lowest BCUT2D eigenvalue weighted by Gasteiger charge is -2.10. The molecular weight excluding hydrogens is 250 g/mol. The number of benzene rings is 1. The molecule has 0 bridgehead atoms. The van der Waals surface area contributed by atoms with Crippen molar-refractivity contribution in [3.63, 3.8) is 0 Å². The van der Waals surface area contributed by atoms with E-state index in [1.165, 1.54) is 0 Å². The highest BCUT2D eigenvalue weighted by Crippen LogP contribution is 2.05. The molecule has 0 spiro atoms. The molecule has 4 N–H and O–H groups in total. The SMILES string of the molecule is CN(C)CC/C(=N\N=C(N)N)c1ccccc1.Cl. The van der Waals surface area contributed by atoms with Crippen LogP contribution >= 0.6 is 12.4 Å². The minimum Gasteiger partial charge on any atom is -0.369 e. The van der Waals surface area contributed by atoms with Crippen LogP contribution in [-0.2, 0) is 0 Å². The van der Waals surface area contributed by atoms with E-state index in [4.69, 9.17) is 11.5 Å². The summed E-state index contributed by atoms with van der Waals surface area (Å²) in [6.07, 6.45) is 0.799. The molecule has 0 aliphatic carbocycles. The molecule has 1 aromatic rings. The predicted molar refractivity (Wildman–Crippen MR) is 79.2 cm³/mol. The van der Waals surface area contributed by atoms with Gasteiger partial charge in [0.05, 0.1) is 5.71 Å². The van der Waals surface area contributed by atoms with Crippen LogP contribution in [0.15, 0.2) is 40.5 Å². The average molecular weight is 270 g/mol. The smallest absolute Gasteiger partial charge is 0.211 e. The van der Waals surface area contributed by atoms with E-state index < -0.39 is 0 Å². The van der Waals surface area contributed by atoms with E-state index in [9.17, 15) is 0 Å². The summed E-state index contributed by atoms with van der Waals surface area (Å²) in [4.78, 5) is 2.09. The summed E-state index contributed by atoms with van der Waals surface area (Å²) in [7, 11) is 4.03. The highest BCUT2D eigenvalue weighted by molar-refractivity contribution is 6.00. The zero-order chi connectivity index (χ0) is 12.7. The van der Waals surface area contributed by atoms with Gasteiger partial charge in [0.25, 0.3) is 0 Å². The lowest BCUT2D eigenvalue weighted by Crippen LogP contribution is -2.22. The molecule has 0 fully saturated rings. The number of hydrogen-bond donors (Lipinski definition) is 2. The largest absolute Gasteiger partial charge is 0.369 e. The molecule has 0 aliphatic heterocycles. The van der Waals surface area contributed by atoms with Crippen molar-refractivity contribution in [1.82, 2.24) is 4.90 Å². The lowest BCUT2D eigenvalue weighted by molar-refractivity contribution is 0.422. The minimum atomic E-state index is -0.0247. The van der Waals surface area contributed by atoms with Gasteiger partial charge in [-0.15, -0.1) is 17.5 Å². The Morgan fingerprint density at radius 1 is 1.11 bits per heavy atom. The van der Waals surface area contributed by atoms with Gasteiger partial charge in [-0.05, 0) is 19.7 Å². The second-order valence-electron chi connectivity index (χ2n) is 3.99. The van der Waals surface area contributed by atoms with Gasteiger partial charge in [-0.25, -0.2) is 0 Å². The summed E-state index contributed by atoms with van der Waals surface area (Å²) in [6.45, 7) is 0.897. The van der Waals surface area contributed by atoms with Crippen molar-refractivity contribution in [1.29, 1.82) is 0 Å². The average Bonchev–Trinajstić information content (AvgIpc) is 2.29. The molecule has 0 saturated carbocycles. The fourth-order valence-electron chi connectivity index (χ4n) is 1.33. The van der Waals surface area contributed by atoms with Gasteiger partial charge in [0.15, 0.2) is 0 Å². The molecular formula is C12H20ClN5. The lowest BCUT2D eigenvalue weighted by atomic mass is 10.1. The van der Waals surface area contributed by atoms with Crippen molar-refractivity contribution in [2.45, 2.75) is 6.42 Å². The van der Waals surface area contributed by atoms with Crippen LogP contribution < -0.4 is 11.5 Å². The quantitative estimate of drug-likeness (QED) is 0.476. The van der Waals surface area contributed by atoms with E-state index in [2.05, 4.69) is 15.1 Å². The van der Waals surface area contributed by atoms with E-state index in [0.717, 1.165) is 24.2 Å². The van der Waals surface area contributed by atoms with Gasteiger partial charge >= 0.3 is 0 Å². The number of guanidine groups is 1. The van der Waals surface area contributed by atoms with Crippen molar-refractivity contribution in [3.8, 4) is 0 Å². The first-order valence-corrected chi connectivity index (χ1v) is 5.45. The summed E-state index contributed by atoms with van der Waals surface area (Å²) in [5.74, 6) is -0.0247. The molecule has 0 aromatic heterocycles. The predicted octanol–water partition coefficient (Wildman–Crippen LogP) is 1.04. The zero-order valence-electron chi connectivity index (χ0n) is 10.7. The third-order valence-corrected chi connectivity index (χ3v) is 2.19. The fourth-order valence-corrected chi connectivity index (χ4v) is 1.33. The highest BCUT2D eigenvalue weighted by atomic mass is 35.5. The van der Waals surface area contributed by atoms with Crippen LogP contribution in [0.1, 0.15) is 12.0 Å². The van der Waals surface area contributed by atoms with Crippen LogP contribution in [0.4, 0.5) is 0 Å². The monoisotopic (exact) mass is 269 g/mol. The number of halogens is 1. The van der Waals surface area contributed by atoms with E-state index in [0.29, 0.717) is 0 Å². The number of hydrogen-bond acceptors (Lipinski definition) is 3. The van der Waals surface area contributed by atoms with Gasteiger partial charge in [0.1, 0.15) is 0 Å². The van der Waals surface area contributed by atoms with E-state index >= 15 is 0 Å². The van der Waals surface area contributed by atoms with Gasteiger partial charge in [-0.3, -0.25) is 0 Å². The van der Waals surface area contributed by atoms with Crippen molar-refractivity contribution in [3.05, 3.63) is 35.9 Å². The minimum absolute atomic E-state index is 0. The molecule has 5 nitrogen and oxygen atoms in total. The maximum absolute atomic E-state index is 5.29. The van der Waals surface area contributed by atoms with Crippen molar-refractivity contribution in [2.24, 2.45) is 21.7 Å². The van der Waals surface area contributed by atoms with Gasteiger partial charge < -0.3 is 16.4 Å². The summed E-state index contributed by atoms with van der Waals surface area (Å²) >= 11 is 0. The molecule has 0 saturated heterocycles. The summed E-state index contributed by atoms with van der Waals surface area (Å²) in [5.41, 5.74) is 12.5. The Hall–Kier alpha value is -1.59. The zero-order valence-corrected chi connectivity index (χ0v) is 11.5. The first kappa shape index (κ1) is 16.4. The molecule has 0 atom stereocenters. The molecule has 6 heteroatoms. The molecule has 0 radical (unpaired) electrons. The highest BCUT2D eigenvalue weighted by Gasteiger charge is 2.03. The maximum atomic E-state index is 5.29. The van der Waals surface area contributed by atoms with E-state index in [1.54, 1.807) is 0 Å². The summed E-state index contributed by atoms with van der Waals surface area (Å²) in [6, 6.07) is 9.90. The Morgan fingerprint density at radius 3 is 2.22 bits per heavy atom. The molecule has 1 rings (SSSR count). The number of rotatable bonds is 5. The van der Waals surface area contributed by atoms with Crippen LogP contribution in [0.25, 0.3) is 0 Å². The molecule has 0 aliphatic rings. The van der Waals surface area contributed by atoms with Crippen LogP contribution in [0.2, 0.25) is 0 Å². The van der Waals surface area contributed by atoms with Crippen molar-refractivity contribution < 1.29 is 0 Å². The Morgan fingerprint density at radius 2 is 1.72 bits per heavy atom. The first-order chi connectivity index (χ1) is 8.09. The first-order valence-electron chi connectivity index (χ1n) is 5.45.